The second-order valence-electron chi connectivity index (χ2n) is 8.89. The molecule has 0 spiro atoms. The van der Waals surface area contributed by atoms with Crippen molar-refractivity contribution < 1.29 is 14.3 Å². The number of nitrogens with one attached hydrogen (secondary N) is 2. The first kappa shape index (κ1) is 20.9. The summed E-state index contributed by atoms with van der Waals surface area (Å²) >= 11 is 0. The maximum Gasteiger partial charge on any atom is 0.407 e. The van der Waals surface area contributed by atoms with Crippen LogP contribution in [0.25, 0.3) is 5.69 Å². The van der Waals surface area contributed by atoms with Gasteiger partial charge in [-0.3, -0.25) is 4.79 Å². The summed E-state index contributed by atoms with van der Waals surface area (Å²) in [5.74, 6) is 0.306. The molecule has 0 aliphatic heterocycles. The van der Waals surface area contributed by atoms with Crippen LogP contribution < -0.4 is 10.6 Å². The second-order valence-corrected chi connectivity index (χ2v) is 8.89. The quantitative estimate of drug-likeness (QED) is 0.750. The van der Waals surface area contributed by atoms with Crippen LogP contribution in [0.4, 0.5) is 4.79 Å². The van der Waals surface area contributed by atoms with Gasteiger partial charge in [0.2, 0.25) is 5.91 Å². The average molecular weight is 399 g/mol. The number of hydrogen-bond acceptors (Lipinski definition) is 4. The van der Waals surface area contributed by atoms with Gasteiger partial charge in [-0.15, -0.1) is 0 Å². The van der Waals surface area contributed by atoms with Gasteiger partial charge in [0.05, 0.1) is 17.6 Å². The third-order valence-electron chi connectivity index (χ3n) is 4.97. The molecule has 3 rings (SSSR count). The lowest BCUT2D eigenvalue weighted by Crippen LogP contribution is -2.56. The Labute approximate surface area is 171 Å². The van der Waals surface area contributed by atoms with Gasteiger partial charge in [0.25, 0.3) is 0 Å². The van der Waals surface area contributed by atoms with Gasteiger partial charge in [0.15, 0.2) is 0 Å². The van der Waals surface area contributed by atoms with Crippen molar-refractivity contribution in [3.8, 4) is 5.69 Å². The van der Waals surface area contributed by atoms with Crippen LogP contribution in [-0.2, 0) is 16.0 Å². The van der Waals surface area contributed by atoms with Crippen LogP contribution in [0.3, 0.4) is 0 Å². The van der Waals surface area contributed by atoms with Crippen molar-refractivity contribution in [2.75, 3.05) is 6.54 Å². The lowest BCUT2D eigenvalue weighted by atomic mass is 9.95. The van der Waals surface area contributed by atoms with Crippen molar-refractivity contribution in [3.05, 3.63) is 48.3 Å². The topological polar surface area (TPSA) is 85.3 Å². The zero-order valence-corrected chi connectivity index (χ0v) is 17.6. The van der Waals surface area contributed by atoms with Crippen molar-refractivity contribution in [1.29, 1.82) is 0 Å². The largest absolute Gasteiger partial charge is 0.444 e. The van der Waals surface area contributed by atoms with Crippen molar-refractivity contribution in [3.63, 3.8) is 0 Å². The highest BCUT2D eigenvalue weighted by Crippen LogP contribution is 2.39. The summed E-state index contributed by atoms with van der Waals surface area (Å²) in [6.45, 7) is 7.81. The van der Waals surface area contributed by atoms with Gasteiger partial charge in [0.1, 0.15) is 5.60 Å². The minimum Gasteiger partial charge on any atom is -0.444 e. The number of rotatable bonds is 7. The normalized spacial score (nSPS) is 16.0. The molecule has 1 fully saturated rings. The summed E-state index contributed by atoms with van der Waals surface area (Å²) in [5.41, 5.74) is 0.842. The molecule has 2 amide bonds. The number of aromatic nitrogens is 2. The monoisotopic (exact) mass is 398 g/mol. The van der Waals surface area contributed by atoms with E-state index in [0.717, 1.165) is 24.1 Å². The minimum atomic E-state index is -0.550. The molecule has 2 aromatic rings. The minimum absolute atomic E-state index is 0.0581. The predicted octanol–water partition coefficient (Wildman–Crippen LogP) is 3.22. The van der Waals surface area contributed by atoms with Crippen molar-refractivity contribution >= 4 is 12.0 Å². The van der Waals surface area contributed by atoms with Gasteiger partial charge in [-0.25, -0.2) is 9.48 Å². The number of nitrogens with zero attached hydrogens (tertiary/aromatic N) is 2. The van der Waals surface area contributed by atoms with E-state index >= 15 is 0 Å². The number of amides is 2. The van der Waals surface area contributed by atoms with Gasteiger partial charge in [-0.1, -0.05) is 12.1 Å². The molecule has 0 saturated heterocycles. The van der Waals surface area contributed by atoms with Crippen LogP contribution in [0.5, 0.6) is 0 Å². The Balaban J connectivity index is 1.56. The molecule has 1 aromatic carbocycles. The number of carbonyl (C=O) groups excluding carboxylic acids is 2. The lowest BCUT2D eigenvalue weighted by Gasteiger charge is -2.32. The first-order valence-electron chi connectivity index (χ1n) is 10.0. The molecule has 1 atom stereocenters. The maximum atomic E-state index is 12.7. The van der Waals surface area contributed by atoms with Gasteiger partial charge in [0, 0.05) is 18.9 Å². The summed E-state index contributed by atoms with van der Waals surface area (Å²) in [7, 11) is 0. The summed E-state index contributed by atoms with van der Waals surface area (Å²) < 4.78 is 7.08. The van der Waals surface area contributed by atoms with E-state index in [1.54, 1.807) is 10.9 Å². The summed E-state index contributed by atoms with van der Waals surface area (Å²) in [6, 6.07) is 9.62. The molecular formula is C22H30N4O3. The Morgan fingerprint density at radius 3 is 2.41 bits per heavy atom. The molecule has 1 aliphatic carbocycles. The molecule has 2 N–H and O–H groups in total. The summed E-state index contributed by atoms with van der Waals surface area (Å²) in [5, 5.41) is 10.1. The zero-order chi connectivity index (χ0) is 21.1. The highest BCUT2D eigenvalue weighted by Gasteiger charge is 2.43. The van der Waals surface area contributed by atoms with Crippen molar-refractivity contribution in [2.24, 2.45) is 5.92 Å². The standard InChI is InChI=1S/C22H30N4O3/c1-21(2,3)29-20(28)23-15-22(4,17-8-9-17)25-19(27)14-16-6-10-18(11-7-16)26-13-5-12-24-26/h5-7,10-13,17H,8-9,14-15H2,1-4H3,(H,23,28)(H,25,27). The highest BCUT2D eigenvalue weighted by molar-refractivity contribution is 5.79. The first-order chi connectivity index (χ1) is 13.6. The molecule has 0 radical (unpaired) electrons. The molecule has 156 valence electrons. The molecule has 7 nitrogen and oxygen atoms in total. The van der Waals surface area contributed by atoms with Crippen LogP contribution in [0.15, 0.2) is 42.7 Å². The molecule has 1 unspecified atom stereocenters. The molecular weight excluding hydrogens is 368 g/mol. The Kier molecular flexibility index (Phi) is 5.96. The third kappa shape index (κ3) is 6.07. The smallest absolute Gasteiger partial charge is 0.407 e. The van der Waals surface area contributed by atoms with E-state index in [1.807, 2.05) is 64.2 Å². The van der Waals surface area contributed by atoms with Crippen LogP contribution >= 0.6 is 0 Å². The number of ether oxygens (including phenoxy) is 1. The molecule has 7 heteroatoms. The van der Waals surface area contributed by atoms with Gasteiger partial charge in [-0.05, 0) is 70.2 Å². The number of benzene rings is 1. The second kappa shape index (κ2) is 8.27. The zero-order valence-electron chi connectivity index (χ0n) is 17.6. The van der Waals surface area contributed by atoms with E-state index < -0.39 is 17.2 Å². The molecule has 0 bridgehead atoms. The predicted molar refractivity (Wildman–Crippen MR) is 111 cm³/mol. The first-order valence-corrected chi connectivity index (χ1v) is 10.0. The number of carbonyl (C=O) groups is 2. The van der Waals surface area contributed by atoms with E-state index in [0.29, 0.717) is 12.5 Å². The summed E-state index contributed by atoms with van der Waals surface area (Å²) in [4.78, 5) is 24.7. The summed E-state index contributed by atoms with van der Waals surface area (Å²) in [6.07, 6.45) is 5.52. The average Bonchev–Trinajstić information content (AvgIpc) is 3.35. The Morgan fingerprint density at radius 1 is 1.17 bits per heavy atom. The van der Waals surface area contributed by atoms with Crippen molar-refractivity contribution in [1.82, 2.24) is 20.4 Å². The van der Waals surface area contributed by atoms with Crippen molar-refractivity contribution in [2.45, 2.75) is 58.1 Å². The molecule has 1 aromatic heterocycles. The maximum absolute atomic E-state index is 12.7. The van der Waals surface area contributed by atoms with Gasteiger partial charge in [-0.2, -0.15) is 5.10 Å². The van der Waals surface area contributed by atoms with E-state index in [9.17, 15) is 9.59 Å². The molecule has 29 heavy (non-hydrogen) atoms. The van der Waals surface area contributed by atoms with Crippen LogP contribution in [-0.4, -0.2) is 39.5 Å². The van der Waals surface area contributed by atoms with Crippen LogP contribution in [0.2, 0.25) is 0 Å². The molecule has 1 aliphatic rings. The van der Waals surface area contributed by atoms with Gasteiger partial charge >= 0.3 is 6.09 Å². The fraction of sp³-hybridized carbons (Fsp3) is 0.500. The SMILES string of the molecule is CC(C)(C)OC(=O)NCC(C)(NC(=O)Cc1ccc(-n2cccn2)cc1)C1CC1. The number of hydrogen-bond donors (Lipinski definition) is 2. The number of alkyl carbamates (subject to hydrolysis) is 1. The van der Waals surface area contributed by atoms with E-state index in [4.69, 9.17) is 4.74 Å². The van der Waals surface area contributed by atoms with E-state index in [-0.39, 0.29) is 12.3 Å². The van der Waals surface area contributed by atoms with E-state index in [1.165, 1.54) is 0 Å². The van der Waals surface area contributed by atoms with Gasteiger partial charge < -0.3 is 15.4 Å². The molecule has 1 heterocycles. The third-order valence-corrected chi connectivity index (χ3v) is 4.97. The Bertz CT molecular complexity index is 836. The molecule has 1 saturated carbocycles. The van der Waals surface area contributed by atoms with Crippen LogP contribution in [0, 0.1) is 5.92 Å². The Morgan fingerprint density at radius 2 is 1.86 bits per heavy atom. The Hall–Kier alpha value is -2.83. The lowest BCUT2D eigenvalue weighted by molar-refractivity contribution is -0.122. The highest BCUT2D eigenvalue weighted by atomic mass is 16.6. The fourth-order valence-corrected chi connectivity index (χ4v) is 3.32. The fourth-order valence-electron chi connectivity index (χ4n) is 3.32. The van der Waals surface area contributed by atoms with Crippen LogP contribution in [0.1, 0.15) is 46.1 Å². The van der Waals surface area contributed by atoms with E-state index in [2.05, 4.69) is 15.7 Å².